The van der Waals surface area contributed by atoms with Crippen LogP contribution in [0.25, 0.3) is 0 Å². The smallest absolute Gasteiger partial charge is 0.243 e. The Morgan fingerprint density at radius 3 is 2.20 bits per heavy atom. The molecule has 8 heteroatoms. The summed E-state index contributed by atoms with van der Waals surface area (Å²) in [7, 11) is -2.32. The molecular formula is C22H30N2O4S2. The van der Waals surface area contributed by atoms with Crippen LogP contribution in [0.2, 0.25) is 0 Å². The largest absolute Gasteiger partial charge is 0.492 e. The molecule has 0 fully saturated rings. The number of hydrogen-bond donors (Lipinski definition) is 1. The molecule has 0 aliphatic carbocycles. The number of sulfonamides is 1. The highest BCUT2D eigenvalue weighted by Crippen LogP contribution is 2.24. The number of rotatable bonds is 9. The third kappa shape index (κ3) is 6.75. The van der Waals surface area contributed by atoms with Gasteiger partial charge in [-0.15, -0.1) is 11.8 Å². The summed E-state index contributed by atoms with van der Waals surface area (Å²) in [6.45, 7) is 6.77. The average molecular weight is 451 g/mol. The highest BCUT2D eigenvalue weighted by molar-refractivity contribution is 7.98. The fourth-order valence-corrected chi connectivity index (χ4v) is 4.22. The molecule has 0 aromatic heterocycles. The Labute approximate surface area is 184 Å². The molecule has 1 amide bonds. The summed E-state index contributed by atoms with van der Waals surface area (Å²) < 4.78 is 31.9. The number of amides is 1. The molecule has 30 heavy (non-hydrogen) atoms. The number of thioether (sulfide) groups is 1. The molecule has 2 rings (SSSR count). The monoisotopic (exact) mass is 450 g/mol. The Morgan fingerprint density at radius 2 is 1.67 bits per heavy atom. The lowest BCUT2D eigenvalue weighted by Gasteiger charge is -2.19. The van der Waals surface area contributed by atoms with Gasteiger partial charge in [-0.05, 0) is 53.6 Å². The molecular weight excluding hydrogens is 420 g/mol. The Kier molecular flexibility index (Phi) is 8.34. The van der Waals surface area contributed by atoms with E-state index in [9.17, 15) is 13.2 Å². The number of ether oxygens (including phenoxy) is 1. The van der Waals surface area contributed by atoms with Gasteiger partial charge in [-0.25, -0.2) is 8.42 Å². The highest BCUT2D eigenvalue weighted by atomic mass is 32.2. The van der Waals surface area contributed by atoms with Crippen molar-refractivity contribution in [2.75, 3.05) is 33.0 Å². The second kappa shape index (κ2) is 10.3. The van der Waals surface area contributed by atoms with Crippen LogP contribution in [0.15, 0.2) is 58.3 Å². The van der Waals surface area contributed by atoms with Crippen molar-refractivity contribution in [1.29, 1.82) is 0 Å². The fraction of sp³-hybridized carbons (Fsp3) is 0.409. The van der Waals surface area contributed by atoms with Crippen molar-refractivity contribution < 1.29 is 17.9 Å². The number of carbonyl (C=O) groups is 1. The van der Waals surface area contributed by atoms with E-state index < -0.39 is 10.0 Å². The SMILES string of the molecule is CSc1ccc(S(=O)(=O)N(C)CC(=O)NCCOc2ccc(C(C)(C)C)cc2)cc1. The normalized spacial score (nSPS) is 12.1. The molecule has 164 valence electrons. The molecule has 0 spiro atoms. The van der Waals surface area contributed by atoms with Gasteiger partial charge < -0.3 is 10.1 Å². The lowest BCUT2D eigenvalue weighted by molar-refractivity contribution is -0.121. The quantitative estimate of drug-likeness (QED) is 0.467. The molecule has 1 N–H and O–H groups in total. The van der Waals surface area contributed by atoms with E-state index in [1.165, 1.54) is 24.4 Å². The first-order chi connectivity index (χ1) is 14.0. The summed E-state index contributed by atoms with van der Waals surface area (Å²) in [5.74, 6) is 0.346. The van der Waals surface area contributed by atoms with Gasteiger partial charge in [0, 0.05) is 11.9 Å². The third-order valence-electron chi connectivity index (χ3n) is 4.55. The number of likely N-dealkylation sites (N-methyl/N-ethyl adjacent to an activating group) is 1. The summed E-state index contributed by atoms with van der Waals surface area (Å²) in [4.78, 5) is 13.3. The van der Waals surface area contributed by atoms with Crippen LogP contribution >= 0.6 is 11.8 Å². The molecule has 6 nitrogen and oxygen atoms in total. The third-order valence-corrected chi connectivity index (χ3v) is 7.11. The molecule has 2 aromatic carbocycles. The van der Waals surface area contributed by atoms with E-state index in [0.717, 1.165) is 15.0 Å². The van der Waals surface area contributed by atoms with Crippen LogP contribution in [0.3, 0.4) is 0 Å². The van der Waals surface area contributed by atoms with E-state index in [0.29, 0.717) is 6.61 Å². The molecule has 0 aliphatic rings. The maximum atomic E-state index is 12.6. The van der Waals surface area contributed by atoms with Crippen LogP contribution in [-0.2, 0) is 20.2 Å². The summed E-state index contributed by atoms with van der Waals surface area (Å²) in [6.07, 6.45) is 1.92. The van der Waals surface area contributed by atoms with Gasteiger partial charge in [0.05, 0.1) is 18.0 Å². The maximum absolute atomic E-state index is 12.6. The van der Waals surface area contributed by atoms with Crippen LogP contribution in [0.4, 0.5) is 0 Å². The minimum atomic E-state index is -3.72. The van der Waals surface area contributed by atoms with Gasteiger partial charge in [0.2, 0.25) is 15.9 Å². The van der Waals surface area contributed by atoms with E-state index in [4.69, 9.17) is 4.74 Å². The van der Waals surface area contributed by atoms with E-state index in [1.54, 1.807) is 24.3 Å². The molecule has 0 bridgehead atoms. The summed E-state index contributed by atoms with van der Waals surface area (Å²) in [6, 6.07) is 14.5. The first-order valence-corrected chi connectivity index (χ1v) is 12.3. The second-order valence-electron chi connectivity index (χ2n) is 7.91. The summed E-state index contributed by atoms with van der Waals surface area (Å²) >= 11 is 1.53. The molecule has 0 saturated heterocycles. The zero-order chi connectivity index (χ0) is 22.4. The Bertz CT molecular complexity index is 935. The first-order valence-electron chi connectivity index (χ1n) is 9.64. The average Bonchev–Trinajstić information content (AvgIpc) is 2.71. The van der Waals surface area contributed by atoms with Crippen LogP contribution in [0.5, 0.6) is 5.75 Å². The van der Waals surface area contributed by atoms with Crippen LogP contribution in [0, 0.1) is 0 Å². The van der Waals surface area contributed by atoms with Gasteiger partial charge in [-0.2, -0.15) is 4.31 Å². The van der Waals surface area contributed by atoms with Crippen LogP contribution in [-0.4, -0.2) is 51.6 Å². The molecule has 0 atom stereocenters. The van der Waals surface area contributed by atoms with Crippen molar-refractivity contribution in [1.82, 2.24) is 9.62 Å². The number of hydrogen-bond acceptors (Lipinski definition) is 5. The number of benzene rings is 2. The van der Waals surface area contributed by atoms with Gasteiger partial charge in [-0.3, -0.25) is 4.79 Å². The number of nitrogens with one attached hydrogen (secondary N) is 1. The number of carbonyl (C=O) groups excluding carboxylic acids is 1. The molecule has 2 aromatic rings. The minimum Gasteiger partial charge on any atom is -0.492 e. The molecule has 0 heterocycles. The molecule has 0 aliphatic heterocycles. The van der Waals surface area contributed by atoms with Crippen molar-refractivity contribution in [3.63, 3.8) is 0 Å². The summed E-state index contributed by atoms with van der Waals surface area (Å²) in [5.41, 5.74) is 1.30. The van der Waals surface area contributed by atoms with Crippen molar-refractivity contribution >= 4 is 27.7 Å². The van der Waals surface area contributed by atoms with Crippen molar-refractivity contribution in [2.24, 2.45) is 0 Å². The topological polar surface area (TPSA) is 75.7 Å². The van der Waals surface area contributed by atoms with E-state index in [-0.39, 0.29) is 29.3 Å². The Hall–Kier alpha value is -2.03. The Balaban J connectivity index is 1.79. The maximum Gasteiger partial charge on any atom is 0.243 e. The highest BCUT2D eigenvalue weighted by Gasteiger charge is 2.22. The fourth-order valence-electron chi connectivity index (χ4n) is 2.68. The standard InChI is InChI=1S/C22H30N2O4S2/c1-22(2,3)17-6-8-18(9-7-17)28-15-14-23-21(25)16-24(4)30(26,27)20-12-10-19(29-5)11-13-20/h6-13H,14-16H2,1-5H3,(H,23,25). The van der Waals surface area contributed by atoms with Crippen molar-refractivity contribution in [2.45, 2.75) is 36.0 Å². The zero-order valence-corrected chi connectivity index (χ0v) is 19.8. The van der Waals surface area contributed by atoms with Crippen LogP contribution < -0.4 is 10.1 Å². The first kappa shape index (κ1) is 24.2. The Morgan fingerprint density at radius 1 is 1.07 bits per heavy atom. The van der Waals surface area contributed by atoms with Gasteiger partial charge in [0.25, 0.3) is 0 Å². The number of nitrogens with zero attached hydrogens (tertiary/aromatic N) is 1. The second-order valence-corrected chi connectivity index (χ2v) is 10.8. The van der Waals surface area contributed by atoms with Gasteiger partial charge in [0.1, 0.15) is 12.4 Å². The van der Waals surface area contributed by atoms with E-state index in [1.807, 2.05) is 30.5 Å². The van der Waals surface area contributed by atoms with Gasteiger partial charge in [-0.1, -0.05) is 32.9 Å². The minimum absolute atomic E-state index is 0.0792. The van der Waals surface area contributed by atoms with Gasteiger partial charge in [0.15, 0.2) is 0 Å². The van der Waals surface area contributed by atoms with Crippen molar-refractivity contribution in [3.05, 3.63) is 54.1 Å². The molecule has 0 saturated carbocycles. The zero-order valence-electron chi connectivity index (χ0n) is 18.1. The van der Waals surface area contributed by atoms with E-state index in [2.05, 4.69) is 26.1 Å². The summed E-state index contributed by atoms with van der Waals surface area (Å²) in [5, 5.41) is 2.69. The van der Waals surface area contributed by atoms with Crippen molar-refractivity contribution in [3.8, 4) is 5.75 Å². The van der Waals surface area contributed by atoms with E-state index >= 15 is 0 Å². The van der Waals surface area contributed by atoms with Crippen LogP contribution in [0.1, 0.15) is 26.3 Å². The molecule has 0 radical (unpaired) electrons. The predicted octanol–water partition coefficient (Wildman–Crippen LogP) is 3.52. The lowest BCUT2D eigenvalue weighted by Crippen LogP contribution is -2.39. The predicted molar refractivity (Wildman–Crippen MR) is 122 cm³/mol. The molecule has 0 unspecified atom stereocenters. The van der Waals surface area contributed by atoms with Gasteiger partial charge >= 0.3 is 0 Å². The lowest BCUT2D eigenvalue weighted by atomic mass is 9.87.